The van der Waals surface area contributed by atoms with Crippen molar-refractivity contribution in [1.82, 2.24) is 5.43 Å². The highest BCUT2D eigenvalue weighted by molar-refractivity contribution is 5.74. The first-order chi connectivity index (χ1) is 8.76. The normalized spacial score (nSPS) is 10.1. The van der Waals surface area contributed by atoms with Crippen LogP contribution < -0.4 is 16.0 Å². The van der Waals surface area contributed by atoms with Gasteiger partial charge in [0.25, 0.3) is 0 Å². The molecule has 0 aliphatic carbocycles. The van der Waals surface area contributed by atoms with Crippen molar-refractivity contribution in [1.29, 1.82) is 0 Å². The van der Waals surface area contributed by atoms with E-state index in [0.29, 0.717) is 13.0 Å². The number of hydrazine groups is 1. The molecular weight excluding hydrogens is 228 g/mol. The van der Waals surface area contributed by atoms with Gasteiger partial charge in [-0.3, -0.25) is 10.2 Å². The first-order valence-electron chi connectivity index (χ1n) is 6.47. The van der Waals surface area contributed by atoms with Crippen LogP contribution in [-0.4, -0.2) is 12.5 Å². The Morgan fingerprint density at radius 3 is 2.89 bits per heavy atom. The van der Waals surface area contributed by atoms with Crippen LogP contribution in [0.1, 0.15) is 38.2 Å². The minimum atomic E-state index is -0.105. The number of nitrogens with one attached hydrogen (secondary N) is 1. The standard InChI is InChI=1S/C14H22N2O2/c1-2-12-7-6-8-13(11-12)18-10-5-3-4-9-14(17)16-15/h6-8,11H,2-5,9-10,15H2,1H3,(H,16,17). The lowest BCUT2D eigenvalue weighted by atomic mass is 10.1. The molecule has 18 heavy (non-hydrogen) atoms. The molecule has 3 N–H and O–H groups in total. The van der Waals surface area contributed by atoms with Crippen LogP contribution in [0, 0.1) is 0 Å². The smallest absolute Gasteiger partial charge is 0.233 e. The van der Waals surface area contributed by atoms with E-state index in [2.05, 4.69) is 24.5 Å². The number of hydrogen-bond donors (Lipinski definition) is 2. The predicted octanol–water partition coefficient (Wildman–Crippen LogP) is 2.18. The lowest BCUT2D eigenvalue weighted by molar-refractivity contribution is -0.121. The largest absolute Gasteiger partial charge is 0.494 e. The van der Waals surface area contributed by atoms with Crippen molar-refractivity contribution >= 4 is 5.91 Å². The quantitative estimate of drug-likeness (QED) is 0.322. The fraction of sp³-hybridized carbons (Fsp3) is 0.500. The van der Waals surface area contributed by atoms with Crippen molar-refractivity contribution in [3.63, 3.8) is 0 Å². The highest BCUT2D eigenvalue weighted by atomic mass is 16.5. The molecule has 1 amide bonds. The lowest BCUT2D eigenvalue weighted by Gasteiger charge is -2.07. The van der Waals surface area contributed by atoms with Gasteiger partial charge in [0.05, 0.1) is 6.61 Å². The van der Waals surface area contributed by atoms with E-state index in [4.69, 9.17) is 10.6 Å². The maximum atomic E-state index is 10.9. The Labute approximate surface area is 108 Å². The van der Waals surface area contributed by atoms with E-state index in [1.165, 1.54) is 5.56 Å². The summed E-state index contributed by atoms with van der Waals surface area (Å²) in [7, 11) is 0. The van der Waals surface area contributed by atoms with E-state index in [9.17, 15) is 4.79 Å². The third-order valence-corrected chi connectivity index (χ3v) is 2.78. The zero-order valence-corrected chi connectivity index (χ0v) is 10.9. The molecule has 0 aliphatic heterocycles. The maximum Gasteiger partial charge on any atom is 0.233 e. The molecule has 0 saturated heterocycles. The van der Waals surface area contributed by atoms with Gasteiger partial charge < -0.3 is 4.74 Å². The SMILES string of the molecule is CCc1cccc(OCCCCCC(=O)NN)c1. The molecule has 0 radical (unpaired) electrons. The Balaban J connectivity index is 2.12. The molecule has 0 spiro atoms. The molecule has 1 rings (SSSR count). The van der Waals surface area contributed by atoms with Crippen LogP contribution in [0.3, 0.4) is 0 Å². The Morgan fingerprint density at radius 2 is 2.17 bits per heavy atom. The van der Waals surface area contributed by atoms with Crippen LogP contribution in [0.5, 0.6) is 5.75 Å². The molecule has 1 aromatic rings. The van der Waals surface area contributed by atoms with Crippen molar-refractivity contribution in [2.24, 2.45) is 5.84 Å². The monoisotopic (exact) mass is 250 g/mol. The molecule has 0 aliphatic rings. The molecule has 0 atom stereocenters. The van der Waals surface area contributed by atoms with Crippen LogP contribution >= 0.6 is 0 Å². The van der Waals surface area contributed by atoms with Gasteiger partial charge >= 0.3 is 0 Å². The lowest BCUT2D eigenvalue weighted by Crippen LogP contribution is -2.29. The number of amides is 1. The van der Waals surface area contributed by atoms with Gasteiger partial charge in [-0.15, -0.1) is 0 Å². The van der Waals surface area contributed by atoms with Crippen molar-refractivity contribution in [3.8, 4) is 5.75 Å². The van der Waals surface area contributed by atoms with Gasteiger partial charge in [-0.25, -0.2) is 5.84 Å². The highest BCUT2D eigenvalue weighted by Crippen LogP contribution is 2.14. The number of benzene rings is 1. The Kier molecular flexibility index (Phi) is 6.87. The van der Waals surface area contributed by atoms with Crippen molar-refractivity contribution in [2.45, 2.75) is 39.0 Å². The molecule has 0 aromatic heterocycles. The van der Waals surface area contributed by atoms with Crippen LogP contribution in [0.2, 0.25) is 0 Å². The molecule has 0 bridgehead atoms. The van der Waals surface area contributed by atoms with Gasteiger partial charge in [0, 0.05) is 6.42 Å². The molecule has 0 unspecified atom stereocenters. The Bertz CT molecular complexity index is 367. The third kappa shape index (κ3) is 5.68. The van der Waals surface area contributed by atoms with Gasteiger partial charge in [0.1, 0.15) is 5.75 Å². The summed E-state index contributed by atoms with van der Waals surface area (Å²) in [6, 6.07) is 8.15. The fourth-order valence-electron chi connectivity index (χ4n) is 1.68. The number of ether oxygens (including phenoxy) is 1. The third-order valence-electron chi connectivity index (χ3n) is 2.78. The van der Waals surface area contributed by atoms with E-state index in [0.717, 1.165) is 31.4 Å². The fourth-order valence-corrected chi connectivity index (χ4v) is 1.68. The van der Waals surface area contributed by atoms with Gasteiger partial charge in [0.15, 0.2) is 0 Å². The second kappa shape index (κ2) is 8.53. The second-order valence-electron chi connectivity index (χ2n) is 4.23. The minimum Gasteiger partial charge on any atom is -0.494 e. The van der Waals surface area contributed by atoms with E-state index < -0.39 is 0 Å². The van der Waals surface area contributed by atoms with Crippen LogP contribution in [0.25, 0.3) is 0 Å². The van der Waals surface area contributed by atoms with E-state index in [1.807, 2.05) is 12.1 Å². The summed E-state index contributed by atoms with van der Waals surface area (Å²) < 4.78 is 5.66. The molecular formula is C14H22N2O2. The zero-order valence-electron chi connectivity index (χ0n) is 10.9. The summed E-state index contributed by atoms with van der Waals surface area (Å²) in [6.07, 6.45) is 4.28. The summed E-state index contributed by atoms with van der Waals surface area (Å²) in [6.45, 7) is 2.82. The van der Waals surface area contributed by atoms with Crippen molar-refractivity contribution < 1.29 is 9.53 Å². The summed E-state index contributed by atoms with van der Waals surface area (Å²) >= 11 is 0. The van der Waals surface area contributed by atoms with E-state index in [-0.39, 0.29) is 5.91 Å². The van der Waals surface area contributed by atoms with Crippen LogP contribution in [-0.2, 0) is 11.2 Å². The van der Waals surface area contributed by atoms with Gasteiger partial charge in [-0.1, -0.05) is 19.1 Å². The summed E-state index contributed by atoms with van der Waals surface area (Å²) in [4.78, 5) is 10.9. The highest BCUT2D eigenvalue weighted by Gasteiger charge is 1.98. The summed E-state index contributed by atoms with van der Waals surface area (Å²) in [5, 5.41) is 0. The van der Waals surface area contributed by atoms with E-state index >= 15 is 0 Å². The maximum absolute atomic E-state index is 10.9. The van der Waals surface area contributed by atoms with Gasteiger partial charge in [-0.05, 0) is 43.4 Å². The molecule has 1 aromatic carbocycles. The Hall–Kier alpha value is -1.55. The number of hydrogen-bond acceptors (Lipinski definition) is 3. The van der Waals surface area contributed by atoms with Crippen molar-refractivity contribution in [2.75, 3.05) is 6.61 Å². The first-order valence-corrected chi connectivity index (χ1v) is 6.47. The summed E-state index contributed by atoms with van der Waals surface area (Å²) in [5.74, 6) is 5.81. The molecule has 4 nitrogen and oxygen atoms in total. The number of carbonyl (C=O) groups is 1. The molecule has 0 saturated carbocycles. The number of aryl methyl sites for hydroxylation is 1. The first kappa shape index (κ1) is 14.5. The van der Waals surface area contributed by atoms with E-state index in [1.54, 1.807) is 0 Å². The topological polar surface area (TPSA) is 64.3 Å². The molecule has 0 heterocycles. The van der Waals surface area contributed by atoms with Gasteiger partial charge in [-0.2, -0.15) is 0 Å². The molecule has 0 fully saturated rings. The van der Waals surface area contributed by atoms with Crippen LogP contribution in [0.15, 0.2) is 24.3 Å². The zero-order chi connectivity index (χ0) is 13.2. The second-order valence-corrected chi connectivity index (χ2v) is 4.23. The summed E-state index contributed by atoms with van der Waals surface area (Å²) in [5.41, 5.74) is 3.41. The van der Waals surface area contributed by atoms with Gasteiger partial charge in [0.2, 0.25) is 5.91 Å². The number of nitrogens with two attached hydrogens (primary N) is 1. The van der Waals surface area contributed by atoms with Crippen LogP contribution in [0.4, 0.5) is 0 Å². The number of carbonyl (C=O) groups excluding carboxylic acids is 1. The number of unbranched alkanes of at least 4 members (excludes halogenated alkanes) is 2. The predicted molar refractivity (Wildman–Crippen MR) is 72.1 cm³/mol. The number of rotatable bonds is 8. The minimum absolute atomic E-state index is 0.105. The average molecular weight is 250 g/mol. The Morgan fingerprint density at radius 1 is 1.33 bits per heavy atom. The molecule has 4 heteroatoms. The van der Waals surface area contributed by atoms with Crippen molar-refractivity contribution in [3.05, 3.63) is 29.8 Å². The molecule has 100 valence electrons. The average Bonchev–Trinajstić information content (AvgIpc) is 2.42.